The first kappa shape index (κ1) is 17.3. The van der Waals surface area contributed by atoms with Crippen LogP contribution in [0.2, 0.25) is 5.02 Å². The van der Waals surface area contributed by atoms with Gasteiger partial charge in [0.1, 0.15) is 0 Å². The maximum Gasteiger partial charge on any atom is 0.227 e. The molecule has 0 saturated carbocycles. The Labute approximate surface area is 136 Å². The minimum absolute atomic E-state index is 0.00986. The van der Waals surface area contributed by atoms with E-state index in [0.29, 0.717) is 24.5 Å². The van der Waals surface area contributed by atoms with E-state index in [1.165, 1.54) is 0 Å². The normalized spacial score (nSPS) is 25.3. The zero-order valence-corrected chi connectivity index (χ0v) is 13.7. The number of aliphatic hydroxyl groups excluding tert-OH is 2. The van der Waals surface area contributed by atoms with Crippen LogP contribution in [0.5, 0.6) is 0 Å². The van der Waals surface area contributed by atoms with Gasteiger partial charge in [-0.2, -0.15) is 0 Å². The number of hydrogen-bond acceptors (Lipinski definition) is 3. The van der Waals surface area contributed by atoms with Crippen molar-refractivity contribution < 1.29 is 15.0 Å². The molecule has 1 amide bonds. The minimum Gasteiger partial charge on any atom is -0.396 e. The molecule has 0 aliphatic carbocycles. The Morgan fingerprint density at radius 3 is 2.86 bits per heavy atom. The standard InChI is InChI=1S/C17H24ClNO3/c1-2-6-17(12-20)7-8-19(11-15(17)21)16(22)10-13-4-3-5-14(18)9-13/h3-5,9,15,20-21H,2,6-8,10-12H2,1H3/t15-,17-/m1/s1. The second-order valence-electron chi connectivity index (χ2n) is 6.18. The van der Waals surface area contributed by atoms with Crippen molar-refractivity contribution in [2.24, 2.45) is 5.41 Å². The quantitative estimate of drug-likeness (QED) is 0.873. The number of likely N-dealkylation sites (tertiary alicyclic amines) is 1. The number of benzene rings is 1. The van der Waals surface area contributed by atoms with Crippen LogP contribution in [0, 0.1) is 5.41 Å². The number of carbonyl (C=O) groups is 1. The van der Waals surface area contributed by atoms with Gasteiger partial charge in [-0.25, -0.2) is 0 Å². The molecule has 1 heterocycles. The van der Waals surface area contributed by atoms with Gasteiger partial charge in [0.25, 0.3) is 0 Å². The van der Waals surface area contributed by atoms with Gasteiger partial charge in [0.2, 0.25) is 5.91 Å². The van der Waals surface area contributed by atoms with Crippen LogP contribution in [0.25, 0.3) is 0 Å². The van der Waals surface area contributed by atoms with Gasteiger partial charge in [-0.15, -0.1) is 0 Å². The van der Waals surface area contributed by atoms with E-state index in [-0.39, 0.29) is 18.9 Å². The summed E-state index contributed by atoms with van der Waals surface area (Å²) in [6.45, 7) is 2.89. The molecule has 1 saturated heterocycles. The number of nitrogens with zero attached hydrogens (tertiary/aromatic N) is 1. The fourth-order valence-electron chi connectivity index (χ4n) is 3.23. The summed E-state index contributed by atoms with van der Waals surface area (Å²) in [5, 5.41) is 20.7. The van der Waals surface area contributed by atoms with Gasteiger partial charge in [-0.3, -0.25) is 4.79 Å². The number of aliphatic hydroxyl groups is 2. The van der Waals surface area contributed by atoms with Crippen molar-refractivity contribution in [1.82, 2.24) is 4.90 Å². The first-order chi connectivity index (χ1) is 10.5. The van der Waals surface area contributed by atoms with Crippen molar-refractivity contribution in [2.75, 3.05) is 19.7 Å². The highest BCUT2D eigenvalue weighted by molar-refractivity contribution is 6.30. The molecule has 5 heteroatoms. The summed E-state index contributed by atoms with van der Waals surface area (Å²) in [6.07, 6.45) is 1.94. The Morgan fingerprint density at radius 2 is 2.27 bits per heavy atom. The maximum atomic E-state index is 12.4. The van der Waals surface area contributed by atoms with E-state index in [4.69, 9.17) is 11.6 Å². The lowest BCUT2D eigenvalue weighted by molar-refractivity contribution is -0.141. The van der Waals surface area contributed by atoms with Crippen LogP contribution in [-0.4, -0.2) is 46.8 Å². The molecule has 0 aromatic heterocycles. The van der Waals surface area contributed by atoms with E-state index in [1.54, 1.807) is 17.0 Å². The molecule has 0 spiro atoms. The molecule has 4 nitrogen and oxygen atoms in total. The van der Waals surface area contributed by atoms with E-state index in [1.807, 2.05) is 19.1 Å². The average molecular weight is 326 g/mol. The van der Waals surface area contributed by atoms with Crippen molar-refractivity contribution in [3.63, 3.8) is 0 Å². The molecule has 2 atom stereocenters. The predicted octanol–water partition coefficient (Wildman–Crippen LogP) is 2.25. The van der Waals surface area contributed by atoms with Gasteiger partial charge in [-0.05, 0) is 30.5 Å². The summed E-state index contributed by atoms with van der Waals surface area (Å²) in [6, 6.07) is 7.27. The molecule has 1 aromatic rings. The van der Waals surface area contributed by atoms with Crippen molar-refractivity contribution in [3.8, 4) is 0 Å². The SMILES string of the molecule is CCC[C@]1(CO)CCN(C(=O)Cc2cccc(Cl)c2)C[C@H]1O. The summed E-state index contributed by atoms with van der Waals surface area (Å²) >= 11 is 5.94. The largest absolute Gasteiger partial charge is 0.396 e. The molecule has 22 heavy (non-hydrogen) atoms. The van der Waals surface area contributed by atoms with Gasteiger partial charge in [0.05, 0.1) is 19.1 Å². The number of halogens is 1. The molecule has 1 aliphatic rings. The van der Waals surface area contributed by atoms with E-state index >= 15 is 0 Å². The number of β-amino-alcohol motifs (C(OH)–C–C–N with tert-alkyl or cyclic N) is 1. The lowest BCUT2D eigenvalue weighted by Crippen LogP contribution is -2.54. The number of rotatable bonds is 5. The second kappa shape index (κ2) is 7.44. The Balaban J connectivity index is 1.99. The predicted molar refractivity (Wildman–Crippen MR) is 86.8 cm³/mol. The van der Waals surface area contributed by atoms with E-state index < -0.39 is 11.5 Å². The van der Waals surface area contributed by atoms with Crippen LogP contribution in [0.15, 0.2) is 24.3 Å². The van der Waals surface area contributed by atoms with Crippen molar-refractivity contribution in [2.45, 2.75) is 38.7 Å². The van der Waals surface area contributed by atoms with Gasteiger partial charge in [0, 0.05) is 23.5 Å². The Hall–Kier alpha value is -1.10. The van der Waals surface area contributed by atoms with Crippen LogP contribution < -0.4 is 0 Å². The molecular weight excluding hydrogens is 302 g/mol. The lowest BCUT2D eigenvalue weighted by atomic mass is 9.73. The fraction of sp³-hybridized carbons (Fsp3) is 0.588. The number of amides is 1. The average Bonchev–Trinajstić information content (AvgIpc) is 2.49. The van der Waals surface area contributed by atoms with Gasteiger partial charge in [-0.1, -0.05) is 37.1 Å². The summed E-state index contributed by atoms with van der Waals surface area (Å²) in [5.74, 6) is -0.00986. The summed E-state index contributed by atoms with van der Waals surface area (Å²) in [4.78, 5) is 14.1. The molecule has 122 valence electrons. The third-order valence-corrected chi connectivity index (χ3v) is 4.87. The highest BCUT2D eigenvalue weighted by atomic mass is 35.5. The topological polar surface area (TPSA) is 60.8 Å². The van der Waals surface area contributed by atoms with Crippen molar-refractivity contribution >= 4 is 17.5 Å². The third kappa shape index (κ3) is 3.80. The first-order valence-electron chi connectivity index (χ1n) is 7.82. The molecule has 1 fully saturated rings. The minimum atomic E-state index is -0.672. The highest BCUT2D eigenvalue weighted by Gasteiger charge is 2.42. The van der Waals surface area contributed by atoms with Gasteiger partial charge >= 0.3 is 0 Å². The van der Waals surface area contributed by atoms with Crippen LogP contribution in [0.1, 0.15) is 31.7 Å². The zero-order valence-electron chi connectivity index (χ0n) is 13.0. The number of piperidine rings is 1. The zero-order chi connectivity index (χ0) is 16.2. The second-order valence-corrected chi connectivity index (χ2v) is 6.62. The first-order valence-corrected chi connectivity index (χ1v) is 8.19. The van der Waals surface area contributed by atoms with Gasteiger partial charge in [0.15, 0.2) is 0 Å². The molecule has 1 aliphatic heterocycles. The van der Waals surface area contributed by atoms with Crippen molar-refractivity contribution in [1.29, 1.82) is 0 Å². The van der Waals surface area contributed by atoms with Crippen LogP contribution in [0.4, 0.5) is 0 Å². The van der Waals surface area contributed by atoms with E-state index in [0.717, 1.165) is 18.4 Å². The summed E-state index contributed by atoms with van der Waals surface area (Å²) in [7, 11) is 0. The summed E-state index contributed by atoms with van der Waals surface area (Å²) in [5.41, 5.74) is 0.418. The number of carbonyl (C=O) groups excluding carboxylic acids is 1. The third-order valence-electron chi connectivity index (χ3n) is 4.64. The Kier molecular flexibility index (Phi) is 5.84. The fourth-order valence-corrected chi connectivity index (χ4v) is 3.44. The van der Waals surface area contributed by atoms with E-state index in [9.17, 15) is 15.0 Å². The Bertz CT molecular complexity index is 522. The highest BCUT2D eigenvalue weighted by Crippen LogP contribution is 2.36. The number of hydrogen-bond donors (Lipinski definition) is 2. The summed E-state index contributed by atoms with van der Waals surface area (Å²) < 4.78 is 0. The molecule has 0 radical (unpaired) electrons. The molecule has 0 bridgehead atoms. The molecular formula is C17H24ClNO3. The van der Waals surface area contributed by atoms with Crippen LogP contribution >= 0.6 is 11.6 Å². The molecule has 0 unspecified atom stereocenters. The van der Waals surface area contributed by atoms with Crippen LogP contribution in [0.3, 0.4) is 0 Å². The molecule has 2 N–H and O–H groups in total. The lowest BCUT2D eigenvalue weighted by Gasteiger charge is -2.44. The molecule has 1 aromatic carbocycles. The monoisotopic (exact) mass is 325 g/mol. The Morgan fingerprint density at radius 1 is 1.50 bits per heavy atom. The van der Waals surface area contributed by atoms with E-state index in [2.05, 4.69) is 0 Å². The van der Waals surface area contributed by atoms with Crippen molar-refractivity contribution in [3.05, 3.63) is 34.9 Å². The maximum absolute atomic E-state index is 12.4. The molecule has 2 rings (SSSR count). The van der Waals surface area contributed by atoms with Gasteiger partial charge < -0.3 is 15.1 Å². The van der Waals surface area contributed by atoms with Crippen LogP contribution in [-0.2, 0) is 11.2 Å². The smallest absolute Gasteiger partial charge is 0.227 e.